The molecule has 0 saturated carbocycles. The number of thioether (sulfide) groups is 1. The van der Waals surface area contributed by atoms with E-state index in [9.17, 15) is 14.0 Å². The third-order valence-corrected chi connectivity index (χ3v) is 4.84. The van der Waals surface area contributed by atoms with Gasteiger partial charge in [-0.05, 0) is 31.4 Å². The second-order valence-corrected chi connectivity index (χ2v) is 6.57. The quantitative estimate of drug-likeness (QED) is 0.818. The number of benzene rings is 1. The van der Waals surface area contributed by atoms with Crippen molar-refractivity contribution >= 4 is 23.6 Å². The lowest BCUT2D eigenvalue weighted by atomic mass is 9.99. The zero-order chi connectivity index (χ0) is 15.9. The smallest absolute Gasteiger partial charge is 0.223 e. The number of hydrogen-bond donors (Lipinski definition) is 1. The number of carbonyl (C=O) groups is 2. The van der Waals surface area contributed by atoms with E-state index in [1.807, 2.05) is 0 Å². The van der Waals surface area contributed by atoms with Gasteiger partial charge in [-0.1, -0.05) is 12.1 Å². The van der Waals surface area contributed by atoms with Crippen LogP contribution in [0.3, 0.4) is 0 Å². The molecule has 1 aliphatic rings. The number of nitrogens with zero attached hydrogens (tertiary/aromatic N) is 1. The van der Waals surface area contributed by atoms with Crippen LogP contribution in [-0.2, 0) is 9.59 Å². The summed E-state index contributed by atoms with van der Waals surface area (Å²) >= 11 is 1.34. The Bertz CT molecular complexity index is 539. The van der Waals surface area contributed by atoms with Gasteiger partial charge < -0.3 is 10.6 Å². The monoisotopic (exact) mass is 324 g/mol. The number of hydrogen-bond acceptors (Lipinski definition) is 3. The fraction of sp³-hybridized carbons (Fsp3) is 0.500. The van der Waals surface area contributed by atoms with Gasteiger partial charge in [-0.25, -0.2) is 4.39 Å². The van der Waals surface area contributed by atoms with E-state index in [4.69, 9.17) is 5.73 Å². The molecular formula is C16H21FN2O2S. The highest BCUT2D eigenvalue weighted by Crippen LogP contribution is 2.24. The molecule has 22 heavy (non-hydrogen) atoms. The minimum Gasteiger partial charge on any atom is -0.370 e. The summed E-state index contributed by atoms with van der Waals surface area (Å²) in [5.41, 5.74) is 5.26. The summed E-state index contributed by atoms with van der Waals surface area (Å²) in [6, 6.07) is 6.48. The van der Waals surface area contributed by atoms with E-state index >= 15 is 0 Å². The summed E-state index contributed by atoms with van der Waals surface area (Å²) in [6.07, 6.45) is 3.38. The Morgan fingerprint density at radius 2 is 2.09 bits per heavy atom. The van der Waals surface area contributed by atoms with Crippen LogP contribution in [0.25, 0.3) is 0 Å². The van der Waals surface area contributed by atoms with Crippen molar-refractivity contribution in [3.63, 3.8) is 0 Å². The zero-order valence-electron chi connectivity index (χ0n) is 12.5. The first kappa shape index (κ1) is 16.8. The zero-order valence-corrected chi connectivity index (χ0v) is 13.3. The van der Waals surface area contributed by atoms with Crippen molar-refractivity contribution in [1.29, 1.82) is 0 Å². The molecule has 1 fully saturated rings. The molecule has 2 amide bonds. The van der Waals surface area contributed by atoms with E-state index in [1.165, 1.54) is 17.8 Å². The third-order valence-electron chi connectivity index (χ3n) is 3.79. The van der Waals surface area contributed by atoms with Crippen LogP contribution in [-0.4, -0.2) is 35.1 Å². The summed E-state index contributed by atoms with van der Waals surface area (Å²) in [4.78, 5) is 25.8. The molecule has 1 atom stereocenters. The number of piperidine rings is 1. The lowest BCUT2D eigenvalue weighted by Crippen LogP contribution is -2.45. The first-order chi connectivity index (χ1) is 10.6. The lowest BCUT2D eigenvalue weighted by molar-refractivity contribution is -0.135. The van der Waals surface area contributed by atoms with Gasteiger partial charge in [0, 0.05) is 36.1 Å². The van der Waals surface area contributed by atoms with Crippen LogP contribution in [0, 0.1) is 5.82 Å². The van der Waals surface area contributed by atoms with Crippen LogP contribution >= 0.6 is 11.8 Å². The topological polar surface area (TPSA) is 63.4 Å². The van der Waals surface area contributed by atoms with Crippen molar-refractivity contribution in [2.75, 3.05) is 12.3 Å². The second kappa shape index (κ2) is 8.17. The molecule has 1 aromatic carbocycles. The molecule has 0 aliphatic carbocycles. The number of carbonyl (C=O) groups excluding carboxylic acids is 2. The molecule has 1 saturated heterocycles. The van der Waals surface area contributed by atoms with E-state index in [0.717, 1.165) is 19.3 Å². The number of likely N-dealkylation sites (tertiary alicyclic amines) is 1. The maximum absolute atomic E-state index is 13.5. The fourth-order valence-corrected chi connectivity index (χ4v) is 3.60. The number of halogens is 1. The highest BCUT2D eigenvalue weighted by Gasteiger charge is 2.27. The Morgan fingerprint density at radius 1 is 1.32 bits per heavy atom. The summed E-state index contributed by atoms with van der Waals surface area (Å²) in [5, 5.41) is 0. The lowest BCUT2D eigenvalue weighted by Gasteiger charge is -2.35. The van der Waals surface area contributed by atoms with Crippen molar-refractivity contribution in [3.8, 4) is 0 Å². The number of rotatable bonds is 6. The van der Waals surface area contributed by atoms with Crippen molar-refractivity contribution in [1.82, 2.24) is 4.90 Å². The van der Waals surface area contributed by atoms with Gasteiger partial charge in [0.25, 0.3) is 0 Å². The van der Waals surface area contributed by atoms with Crippen LogP contribution in [0.2, 0.25) is 0 Å². The van der Waals surface area contributed by atoms with E-state index < -0.39 is 0 Å². The number of amides is 2. The summed E-state index contributed by atoms with van der Waals surface area (Å²) in [5.74, 6) is -0.0794. The van der Waals surface area contributed by atoms with Crippen molar-refractivity contribution < 1.29 is 14.0 Å². The first-order valence-electron chi connectivity index (χ1n) is 7.53. The van der Waals surface area contributed by atoms with Crippen molar-refractivity contribution in [2.24, 2.45) is 5.73 Å². The highest BCUT2D eigenvalue weighted by atomic mass is 32.2. The van der Waals surface area contributed by atoms with Gasteiger partial charge in [0.05, 0.1) is 0 Å². The molecule has 1 aliphatic heterocycles. The Labute approximate surface area is 134 Å². The molecule has 4 nitrogen and oxygen atoms in total. The Morgan fingerprint density at radius 3 is 2.82 bits per heavy atom. The molecule has 120 valence electrons. The minimum absolute atomic E-state index is 0.0230. The predicted molar refractivity (Wildman–Crippen MR) is 84.9 cm³/mol. The molecule has 0 unspecified atom stereocenters. The van der Waals surface area contributed by atoms with Gasteiger partial charge in [0.1, 0.15) is 5.82 Å². The van der Waals surface area contributed by atoms with E-state index in [-0.39, 0.29) is 30.1 Å². The van der Waals surface area contributed by atoms with E-state index in [0.29, 0.717) is 23.6 Å². The molecule has 0 bridgehead atoms. The molecule has 2 rings (SSSR count). The maximum atomic E-state index is 13.5. The van der Waals surface area contributed by atoms with Crippen molar-refractivity contribution in [3.05, 3.63) is 30.1 Å². The fourth-order valence-electron chi connectivity index (χ4n) is 2.73. The van der Waals surface area contributed by atoms with Crippen LogP contribution < -0.4 is 5.73 Å². The average Bonchev–Trinajstić information content (AvgIpc) is 2.49. The van der Waals surface area contributed by atoms with Gasteiger partial charge >= 0.3 is 0 Å². The largest absolute Gasteiger partial charge is 0.370 e. The molecule has 6 heteroatoms. The summed E-state index contributed by atoms with van der Waals surface area (Å²) in [7, 11) is 0. The molecule has 0 spiro atoms. The molecule has 1 aromatic rings. The number of primary amides is 1. The molecule has 1 heterocycles. The van der Waals surface area contributed by atoms with Gasteiger partial charge in [-0.2, -0.15) is 0 Å². The first-order valence-corrected chi connectivity index (χ1v) is 8.51. The van der Waals surface area contributed by atoms with E-state index in [2.05, 4.69) is 0 Å². The SMILES string of the molecule is NC(=O)C[C@@H]1CCCCN1C(=O)CCSc1ccccc1F. The summed E-state index contributed by atoms with van der Waals surface area (Å²) in [6.45, 7) is 0.682. The molecule has 0 aromatic heterocycles. The Hall–Kier alpha value is -1.56. The van der Waals surface area contributed by atoms with Gasteiger partial charge in [-0.3, -0.25) is 9.59 Å². The van der Waals surface area contributed by atoms with Gasteiger partial charge in [-0.15, -0.1) is 11.8 Å². The number of nitrogens with two attached hydrogens (primary N) is 1. The van der Waals surface area contributed by atoms with E-state index in [1.54, 1.807) is 23.1 Å². The third kappa shape index (κ3) is 4.73. The van der Waals surface area contributed by atoms with Gasteiger partial charge in [0.2, 0.25) is 11.8 Å². The van der Waals surface area contributed by atoms with Crippen LogP contribution in [0.1, 0.15) is 32.1 Å². The average molecular weight is 324 g/mol. The Kier molecular flexibility index (Phi) is 6.24. The summed E-state index contributed by atoms with van der Waals surface area (Å²) < 4.78 is 13.5. The van der Waals surface area contributed by atoms with Crippen LogP contribution in [0.5, 0.6) is 0 Å². The standard InChI is InChI=1S/C16H21FN2O2S/c17-13-6-1-2-7-14(13)22-10-8-16(21)19-9-4-3-5-12(19)11-15(18)20/h1-2,6-7,12H,3-5,8-11H2,(H2,18,20)/t12-/m0/s1. The molecule has 2 N–H and O–H groups in total. The normalized spacial score (nSPS) is 18.2. The molecule has 0 radical (unpaired) electrons. The highest BCUT2D eigenvalue weighted by molar-refractivity contribution is 7.99. The minimum atomic E-state index is -0.370. The predicted octanol–water partition coefficient (Wildman–Crippen LogP) is 2.56. The second-order valence-electron chi connectivity index (χ2n) is 5.44. The molecular weight excluding hydrogens is 303 g/mol. The Balaban J connectivity index is 1.85. The van der Waals surface area contributed by atoms with Crippen LogP contribution in [0.15, 0.2) is 29.2 Å². The van der Waals surface area contributed by atoms with Crippen molar-refractivity contribution in [2.45, 2.75) is 43.0 Å². The van der Waals surface area contributed by atoms with Gasteiger partial charge in [0.15, 0.2) is 0 Å². The maximum Gasteiger partial charge on any atom is 0.223 e. The van der Waals surface area contributed by atoms with Crippen LogP contribution in [0.4, 0.5) is 4.39 Å².